The van der Waals surface area contributed by atoms with Gasteiger partial charge in [-0.1, -0.05) is 34.1 Å². The number of hydrogen-bond acceptors (Lipinski definition) is 3. The second-order valence-corrected chi connectivity index (χ2v) is 5.07. The molecule has 1 unspecified atom stereocenters. The van der Waals surface area contributed by atoms with Crippen LogP contribution in [0.5, 0.6) is 0 Å². The van der Waals surface area contributed by atoms with Crippen molar-refractivity contribution in [3.05, 3.63) is 34.9 Å². The molecule has 0 aliphatic heterocycles. The van der Waals surface area contributed by atoms with Crippen LogP contribution in [0.4, 0.5) is 0 Å². The lowest BCUT2D eigenvalue weighted by Gasteiger charge is -2.10. The molecule has 0 amide bonds. The van der Waals surface area contributed by atoms with E-state index in [4.69, 9.17) is 10.2 Å². The Labute approximate surface area is 107 Å². The number of Topliss-reactive ketones (excluding diaryl/α,β-unsaturated/α-hetero) is 1. The molecule has 0 aromatic heterocycles. The number of alkyl halides is 1. The predicted octanol–water partition coefficient (Wildman–Crippen LogP) is 1.77. The number of carbonyl (C=O) groups excluding carboxylic acids is 1. The number of carboxylic acid groups (broad SMARTS) is 1. The van der Waals surface area contributed by atoms with Gasteiger partial charge in [-0.15, -0.1) is 0 Å². The lowest BCUT2D eigenvalue weighted by Crippen LogP contribution is -2.15. The number of hydrogen-bond donors (Lipinski definition) is 2. The zero-order valence-corrected chi connectivity index (χ0v) is 10.9. The maximum Gasteiger partial charge on any atom is 0.307 e. The normalized spacial score (nSPS) is 12.2. The van der Waals surface area contributed by atoms with Gasteiger partial charge in [-0.3, -0.25) is 9.59 Å². The van der Waals surface area contributed by atoms with E-state index in [2.05, 4.69) is 15.9 Å². The number of ketones is 1. The van der Waals surface area contributed by atoms with Crippen LogP contribution in [-0.4, -0.2) is 26.8 Å². The van der Waals surface area contributed by atoms with Gasteiger partial charge in [-0.2, -0.15) is 0 Å². The van der Waals surface area contributed by atoms with Gasteiger partial charge in [0.1, 0.15) is 0 Å². The molecule has 0 aliphatic carbocycles. The fourth-order valence-corrected chi connectivity index (χ4v) is 1.76. The predicted molar refractivity (Wildman–Crippen MR) is 66.4 cm³/mol. The minimum atomic E-state index is -1.00. The van der Waals surface area contributed by atoms with Gasteiger partial charge in [0.05, 0.1) is 17.9 Å². The topological polar surface area (TPSA) is 74.6 Å². The van der Waals surface area contributed by atoms with E-state index in [0.29, 0.717) is 16.7 Å². The van der Waals surface area contributed by atoms with Crippen molar-refractivity contribution in [3.63, 3.8) is 0 Å². The zero-order chi connectivity index (χ0) is 13.0. The molecule has 2 N–H and O–H groups in total. The molecule has 0 fully saturated rings. The van der Waals surface area contributed by atoms with Crippen LogP contribution in [0.25, 0.3) is 0 Å². The summed E-state index contributed by atoms with van der Waals surface area (Å²) in [6, 6.07) is 4.73. The van der Waals surface area contributed by atoms with Gasteiger partial charge >= 0.3 is 5.97 Å². The van der Waals surface area contributed by atoms with E-state index >= 15 is 0 Å². The van der Waals surface area contributed by atoms with Crippen molar-refractivity contribution < 1.29 is 19.8 Å². The summed E-state index contributed by atoms with van der Waals surface area (Å²) in [5, 5.41) is 17.8. The third kappa shape index (κ3) is 3.64. The quantitative estimate of drug-likeness (QED) is 0.642. The largest absolute Gasteiger partial charge is 0.481 e. The van der Waals surface area contributed by atoms with E-state index in [-0.39, 0.29) is 23.6 Å². The molecule has 0 spiro atoms. The van der Waals surface area contributed by atoms with Gasteiger partial charge in [0.15, 0.2) is 5.78 Å². The summed E-state index contributed by atoms with van der Waals surface area (Å²) in [5.41, 5.74) is 1.41. The summed E-state index contributed by atoms with van der Waals surface area (Å²) in [4.78, 5) is 22.2. The highest BCUT2D eigenvalue weighted by Gasteiger charge is 2.17. The van der Waals surface area contributed by atoms with Gasteiger partial charge in [0, 0.05) is 5.56 Å². The number of carbonyl (C=O) groups is 2. The van der Waals surface area contributed by atoms with Crippen LogP contribution in [0, 0.1) is 0 Å². The number of aliphatic hydroxyl groups is 1. The number of rotatable bonds is 5. The van der Waals surface area contributed by atoms with Crippen molar-refractivity contribution in [1.82, 2.24) is 0 Å². The Morgan fingerprint density at radius 3 is 2.53 bits per heavy atom. The first-order valence-corrected chi connectivity index (χ1v) is 6.00. The van der Waals surface area contributed by atoms with Crippen LogP contribution >= 0.6 is 15.9 Å². The molecule has 0 heterocycles. The summed E-state index contributed by atoms with van der Waals surface area (Å²) >= 11 is 3.17. The molecule has 1 rings (SSSR count). The van der Waals surface area contributed by atoms with Crippen molar-refractivity contribution in [3.8, 4) is 0 Å². The molecule has 4 nitrogen and oxygen atoms in total. The summed E-state index contributed by atoms with van der Waals surface area (Å²) in [7, 11) is 0. The van der Waals surface area contributed by atoms with Gasteiger partial charge in [0.2, 0.25) is 0 Å². The summed E-state index contributed by atoms with van der Waals surface area (Å²) in [6.45, 7) is 1.51. The molecule has 0 radical (unpaired) electrons. The van der Waals surface area contributed by atoms with Crippen LogP contribution in [0.1, 0.15) is 28.4 Å². The highest BCUT2D eigenvalue weighted by Crippen LogP contribution is 2.18. The fraction of sp³-hybridized carbons (Fsp3) is 0.333. The average Bonchev–Trinajstić information content (AvgIpc) is 2.27. The molecule has 0 bridgehead atoms. The number of aliphatic carboxylic acids is 1. The molecule has 17 heavy (non-hydrogen) atoms. The average molecular weight is 301 g/mol. The van der Waals surface area contributed by atoms with E-state index in [9.17, 15) is 9.59 Å². The standard InChI is InChI=1S/C12H13BrO4/c1-7(13)12(17)10-3-2-8(6-14)4-9(10)5-11(15)16/h2-4,7,14H,5-6H2,1H3,(H,15,16). The van der Waals surface area contributed by atoms with Crippen LogP contribution in [0.3, 0.4) is 0 Å². The molecule has 1 aromatic carbocycles. The lowest BCUT2D eigenvalue weighted by molar-refractivity contribution is -0.136. The SMILES string of the molecule is CC(Br)C(=O)c1ccc(CO)cc1CC(=O)O. The van der Waals surface area contributed by atoms with Crippen molar-refractivity contribution >= 4 is 27.7 Å². The van der Waals surface area contributed by atoms with Crippen molar-refractivity contribution in [2.24, 2.45) is 0 Å². The number of aliphatic hydroxyl groups excluding tert-OH is 1. The Kier molecular flexibility index (Phi) is 4.84. The first kappa shape index (κ1) is 13.9. The summed E-state index contributed by atoms with van der Waals surface area (Å²) in [5.74, 6) is -1.16. The third-order valence-electron chi connectivity index (χ3n) is 2.32. The highest BCUT2D eigenvalue weighted by molar-refractivity contribution is 9.10. The Morgan fingerprint density at radius 2 is 2.06 bits per heavy atom. The molecular formula is C12H13BrO4. The highest BCUT2D eigenvalue weighted by atomic mass is 79.9. The molecular weight excluding hydrogens is 288 g/mol. The Hall–Kier alpha value is -1.20. The maximum absolute atomic E-state index is 11.8. The smallest absolute Gasteiger partial charge is 0.307 e. The van der Waals surface area contributed by atoms with E-state index in [0.717, 1.165) is 0 Å². The van der Waals surface area contributed by atoms with Gasteiger partial charge in [-0.25, -0.2) is 0 Å². The zero-order valence-electron chi connectivity index (χ0n) is 9.31. The molecule has 92 valence electrons. The summed E-state index contributed by atoms with van der Waals surface area (Å²) < 4.78 is 0. The van der Waals surface area contributed by atoms with Gasteiger partial charge in [-0.05, 0) is 18.1 Å². The second-order valence-electron chi connectivity index (χ2n) is 3.70. The first-order valence-electron chi connectivity index (χ1n) is 5.08. The Morgan fingerprint density at radius 1 is 1.41 bits per heavy atom. The van der Waals surface area contributed by atoms with Gasteiger partial charge < -0.3 is 10.2 Å². The minimum Gasteiger partial charge on any atom is -0.481 e. The Bertz CT molecular complexity index is 440. The Balaban J connectivity index is 3.19. The van der Waals surface area contributed by atoms with Crippen LogP contribution < -0.4 is 0 Å². The van der Waals surface area contributed by atoms with E-state index in [1.54, 1.807) is 25.1 Å². The fourth-order valence-electron chi connectivity index (χ4n) is 1.51. The number of halogens is 1. The molecule has 0 saturated heterocycles. The van der Waals surface area contributed by atoms with E-state index in [1.165, 1.54) is 0 Å². The van der Waals surface area contributed by atoms with Crippen molar-refractivity contribution in [1.29, 1.82) is 0 Å². The van der Waals surface area contributed by atoms with Gasteiger partial charge in [0.25, 0.3) is 0 Å². The monoisotopic (exact) mass is 300 g/mol. The van der Waals surface area contributed by atoms with E-state index in [1.807, 2.05) is 0 Å². The molecule has 1 aromatic rings. The molecule has 0 saturated carbocycles. The maximum atomic E-state index is 11.8. The third-order valence-corrected chi connectivity index (χ3v) is 2.74. The first-order chi connectivity index (χ1) is 7.95. The minimum absolute atomic E-state index is 0.161. The van der Waals surface area contributed by atoms with Crippen LogP contribution in [-0.2, 0) is 17.8 Å². The number of benzene rings is 1. The number of carboxylic acids is 1. The lowest BCUT2D eigenvalue weighted by atomic mass is 9.97. The van der Waals surface area contributed by atoms with E-state index < -0.39 is 5.97 Å². The molecule has 5 heteroatoms. The van der Waals surface area contributed by atoms with Crippen molar-refractivity contribution in [2.75, 3.05) is 0 Å². The molecule has 0 aliphatic rings. The second kappa shape index (κ2) is 5.93. The van der Waals surface area contributed by atoms with Crippen molar-refractivity contribution in [2.45, 2.75) is 24.8 Å². The summed E-state index contributed by atoms with van der Waals surface area (Å²) in [6.07, 6.45) is -0.228. The van der Waals surface area contributed by atoms with Crippen LogP contribution in [0.15, 0.2) is 18.2 Å². The molecule has 1 atom stereocenters. The van der Waals surface area contributed by atoms with Crippen LogP contribution in [0.2, 0.25) is 0 Å².